The third-order valence-electron chi connectivity index (χ3n) is 8.70. The Hall–Kier alpha value is -5.50. The van der Waals surface area contributed by atoms with Gasteiger partial charge in [-0.15, -0.1) is 11.3 Å². The predicted octanol–water partition coefficient (Wildman–Crippen LogP) is 6.33. The second-order valence-electron chi connectivity index (χ2n) is 12.2. The lowest BCUT2D eigenvalue weighted by Gasteiger charge is -2.14. The van der Waals surface area contributed by atoms with Crippen LogP contribution in [0.5, 0.6) is 17.2 Å². The zero-order valence-corrected chi connectivity index (χ0v) is 27.3. The summed E-state index contributed by atoms with van der Waals surface area (Å²) in [6.45, 7) is 2.55. The number of anilines is 1. The number of carbonyl (C=O) groups excluding carboxylic acids is 1. The van der Waals surface area contributed by atoms with Crippen molar-refractivity contribution in [3.8, 4) is 33.5 Å². The molecule has 0 saturated carbocycles. The number of amides is 1. The number of halogens is 2. The lowest BCUT2D eigenvalue weighted by atomic mass is 10.1. The average molecular weight is 694 g/mol. The van der Waals surface area contributed by atoms with Gasteiger partial charge in [0.25, 0.3) is 11.5 Å². The van der Waals surface area contributed by atoms with Crippen LogP contribution in [0.1, 0.15) is 27.9 Å². The third kappa shape index (κ3) is 6.22. The molecule has 1 saturated heterocycles. The highest BCUT2D eigenvalue weighted by Crippen LogP contribution is 2.39. The Morgan fingerprint density at radius 1 is 1.06 bits per heavy atom. The molecule has 2 aliphatic heterocycles. The number of aliphatic hydroxyl groups is 1. The van der Waals surface area contributed by atoms with E-state index in [0.717, 1.165) is 41.7 Å². The van der Waals surface area contributed by atoms with Crippen LogP contribution in [0.25, 0.3) is 26.5 Å². The van der Waals surface area contributed by atoms with Crippen molar-refractivity contribution in [2.45, 2.75) is 25.5 Å². The van der Waals surface area contributed by atoms with Crippen molar-refractivity contribution in [1.82, 2.24) is 19.4 Å². The molecule has 1 unspecified atom stereocenters. The Balaban J connectivity index is 1.00. The minimum atomic E-state index is -0.767. The Morgan fingerprint density at radius 3 is 2.68 bits per heavy atom. The number of carbonyl (C=O) groups is 1. The molecule has 0 spiro atoms. The Kier molecular flexibility index (Phi) is 8.31. The largest absolute Gasteiger partial charge is 0.492 e. The first-order chi connectivity index (χ1) is 24.3. The van der Waals surface area contributed by atoms with E-state index in [4.69, 9.17) is 9.47 Å². The summed E-state index contributed by atoms with van der Waals surface area (Å²) in [6, 6.07) is 16.9. The van der Waals surface area contributed by atoms with Crippen molar-refractivity contribution in [3.63, 3.8) is 0 Å². The van der Waals surface area contributed by atoms with Crippen LogP contribution >= 0.6 is 11.3 Å². The average Bonchev–Trinajstić information content (AvgIpc) is 3.86. The summed E-state index contributed by atoms with van der Waals surface area (Å²) < 4.78 is 42.6. The van der Waals surface area contributed by atoms with E-state index in [1.807, 2.05) is 24.4 Å². The number of thiophene rings is 1. The summed E-state index contributed by atoms with van der Waals surface area (Å²) >= 11 is 1.43. The summed E-state index contributed by atoms with van der Waals surface area (Å²) in [4.78, 5) is 39.1. The minimum absolute atomic E-state index is 0.0671. The molecular formula is C37H29F2N5O5S. The molecule has 0 aliphatic carbocycles. The van der Waals surface area contributed by atoms with E-state index < -0.39 is 23.1 Å². The van der Waals surface area contributed by atoms with Crippen molar-refractivity contribution < 1.29 is 28.2 Å². The van der Waals surface area contributed by atoms with Gasteiger partial charge in [0.1, 0.15) is 22.9 Å². The molecule has 6 heterocycles. The summed E-state index contributed by atoms with van der Waals surface area (Å²) in [5.74, 6) is -1.44. The molecule has 13 heteroatoms. The van der Waals surface area contributed by atoms with Gasteiger partial charge in [0.15, 0.2) is 11.6 Å². The number of pyridine rings is 3. The molecule has 1 atom stereocenters. The number of aliphatic hydroxyl groups excluding tert-OH is 1. The van der Waals surface area contributed by atoms with Gasteiger partial charge in [-0.3, -0.25) is 29.0 Å². The minimum Gasteiger partial charge on any atom is -0.492 e. The van der Waals surface area contributed by atoms with Gasteiger partial charge in [0, 0.05) is 73.7 Å². The first-order valence-corrected chi connectivity index (χ1v) is 16.8. The maximum atomic E-state index is 15.4. The number of rotatable bonds is 8. The molecular weight excluding hydrogens is 665 g/mol. The maximum Gasteiger partial charge on any atom is 0.271 e. The Morgan fingerprint density at radius 2 is 1.92 bits per heavy atom. The van der Waals surface area contributed by atoms with Crippen LogP contribution in [-0.4, -0.2) is 56.2 Å². The molecule has 50 heavy (non-hydrogen) atoms. The van der Waals surface area contributed by atoms with E-state index in [9.17, 15) is 19.1 Å². The normalized spacial score (nSPS) is 15.6. The number of nitrogens with one attached hydrogen (secondary N) is 1. The van der Waals surface area contributed by atoms with E-state index in [-0.39, 0.29) is 28.9 Å². The highest BCUT2D eigenvalue weighted by atomic mass is 32.1. The fraction of sp³-hybridized carbons (Fsp3) is 0.189. The van der Waals surface area contributed by atoms with Crippen molar-refractivity contribution in [2.24, 2.45) is 0 Å². The van der Waals surface area contributed by atoms with Crippen LogP contribution in [0.4, 0.5) is 14.5 Å². The molecule has 4 aromatic heterocycles. The van der Waals surface area contributed by atoms with E-state index in [1.54, 1.807) is 18.5 Å². The number of ether oxygens (including phenoxy) is 2. The number of fused-ring (bicyclic) bond motifs is 2. The second kappa shape index (κ2) is 13.1. The van der Waals surface area contributed by atoms with Crippen LogP contribution in [0, 0.1) is 11.6 Å². The van der Waals surface area contributed by atoms with Gasteiger partial charge in [-0.1, -0.05) is 6.07 Å². The third-order valence-corrected chi connectivity index (χ3v) is 9.86. The Labute approximate surface area is 288 Å². The van der Waals surface area contributed by atoms with E-state index in [2.05, 4.69) is 20.2 Å². The highest BCUT2D eigenvalue weighted by Gasteiger charge is 2.27. The first-order valence-electron chi connectivity index (χ1n) is 16.0. The van der Waals surface area contributed by atoms with Crippen molar-refractivity contribution in [1.29, 1.82) is 0 Å². The number of aromatic nitrogens is 3. The first kappa shape index (κ1) is 31.7. The van der Waals surface area contributed by atoms with Crippen LogP contribution in [-0.2, 0) is 13.0 Å². The number of hydrogen-bond donors (Lipinski definition) is 2. The summed E-state index contributed by atoms with van der Waals surface area (Å²) in [7, 11) is 0. The van der Waals surface area contributed by atoms with Crippen molar-refractivity contribution in [3.05, 3.63) is 124 Å². The summed E-state index contributed by atoms with van der Waals surface area (Å²) in [5, 5.41) is 12.4. The van der Waals surface area contributed by atoms with Crippen LogP contribution < -0.4 is 20.3 Å². The lowest BCUT2D eigenvalue weighted by molar-refractivity contribution is 0.102. The lowest BCUT2D eigenvalue weighted by Crippen LogP contribution is -2.29. The monoisotopic (exact) mass is 693 g/mol. The van der Waals surface area contributed by atoms with E-state index in [0.29, 0.717) is 46.8 Å². The van der Waals surface area contributed by atoms with Crippen LogP contribution in [0.3, 0.4) is 0 Å². The number of β-amino-alcohol motifs (C(OH)–C–C–N with tert-alkyl or cyclic N) is 1. The zero-order valence-electron chi connectivity index (χ0n) is 26.4. The van der Waals surface area contributed by atoms with Gasteiger partial charge >= 0.3 is 0 Å². The number of benzene rings is 2. The highest BCUT2D eigenvalue weighted by molar-refractivity contribution is 7.22. The van der Waals surface area contributed by atoms with Crippen molar-refractivity contribution >= 4 is 33.1 Å². The fourth-order valence-electron chi connectivity index (χ4n) is 6.22. The van der Waals surface area contributed by atoms with Gasteiger partial charge < -0.3 is 19.9 Å². The molecule has 6 aromatic rings. The molecule has 2 N–H and O–H groups in total. The molecule has 2 aromatic carbocycles. The van der Waals surface area contributed by atoms with Gasteiger partial charge in [-0.05, 0) is 60.5 Å². The number of likely N-dealkylation sites (tertiary alicyclic amines) is 1. The van der Waals surface area contributed by atoms with Gasteiger partial charge in [0.2, 0.25) is 0 Å². The molecule has 10 nitrogen and oxygen atoms in total. The van der Waals surface area contributed by atoms with E-state index in [1.165, 1.54) is 52.3 Å². The number of nitrogens with zero attached hydrogens (tertiary/aromatic N) is 4. The second-order valence-corrected chi connectivity index (χ2v) is 13.2. The molecule has 2 aliphatic rings. The summed E-state index contributed by atoms with van der Waals surface area (Å²) in [5.41, 5.74) is 2.78. The van der Waals surface area contributed by atoms with Gasteiger partial charge in [0.05, 0.1) is 33.5 Å². The molecule has 0 bridgehead atoms. The van der Waals surface area contributed by atoms with Crippen molar-refractivity contribution in [2.75, 3.05) is 25.0 Å². The number of hydrogen-bond acceptors (Lipinski definition) is 9. The molecule has 252 valence electrons. The van der Waals surface area contributed by atoms with Gasteiger partial charge in [-0.2, -0.15) is 0 Å². The quantitative estimate of drug-likeness (QED) is 0.190. The maximum absolute atomic E-state index is 15.4. The fourth-order valence-corrected chi connectivity index (χ4v) is 7.27. The molecule has 1 amide bonds. The molecule has 1 fully saturated rings. The SMILES string of the molecule is O=C(Nc1ccc(Oc2ccnc3cc(-c4ccc(CN5CCC(O)C5)cn4)sc23)c(F)c1)c1c2c(cn(-c3ccc(F)cc3)c1=O)CCO2. The molecule has 0 radical (unpaired) electrons. The Bertz CT molecular complexity index is 2310. The smallest absolute Gasteiger partial charge is 0.271 e. The predicted molar refractivity (Wildman–Crippen MR) is 184 cm³/mol. The topological polar surface area (TPSA) is 119 Å². The van der Waals surface area contributed by atoms with Crippen LogP contribution in [0.15, 0.2) is 90.1 Å². The standard InChI is InChI=1S/C37H29F2N5O5S/c38-23-2-5-25(6-3-23)44-19-22-11-14-48-34(22)33(37(44)47)36(46)42-24-4-8-30(27(39)15-24)49-31-9-12-40-29-16-32(50-35(29)31)28-7-1-21(17-41-28)18-43-13-10-26(45)20-43/h1-9,12,15-17,19,26,45H,10-11,13-14,18,20H2,(H,42,46). The zero-order chi connectivity index (χ0) is 34.4. The molecule has 8 rings (SSSR count). The van der Waals surface area contributed by atoms with E-state index >= 15 is 4.39 Å². The van der Waals surface area contributed by atoms with Crippen LogP contribution in [0.2, 0.25) is 0 Å². The van der Waals surface area contributed by atoms with Gasteiger partial charge in [-0.25, -0.2) is 8.78 Å². The summed E-state index contributed by atoms with van der Waals surface area (Å²) in [6.07, 6.45) is 6.00.